The highest BCUT2D eigenvalue weighted by atomic mass is 32.2. The molecular weight excluding hydrogens is 348 g/mol. The minimum Gasteiger partial charge on any atom is -0.325 e. The van der Waals surface area contributed by atoms with Gasteiger partial charge in [0.1, 0.15) is 0 Å². The molecular formula is C19H18N4O2S. The zero-order chi connectivity index (χ0) is 18.4. The Balaban J connectivity index is 1.82. The van der Waals surface area contributed by atoms with Crippen LogP contribution in [0, 0.1) is 0 Å². The first kappa shape index (κ1) is 17.9. The summed E-state index contributed by atoms with van der Waals surface area (Å²) in [5, 5.41) is 11.4. The van der Waals surface area contributed by atoms with E-state index in [0.29, 0.717) is 28.6 Å². The van der Waals surface area contributed by atoms with Crippen LogP contribution in [0.25, 0.3) is 11.3 Å². The second-order valence-electron chi connectivity index (χ2n) is 5.53. The molecule has 0 atom stereocenters. The number of H-pyrrole nitrogens is 1. The topological polar surface area (TPSA) is 87.7 Å². The molecule has 0 aliphatic heterocycles. The molecule has 26 heavy (non-hydrogen) atoms. The number of hydrogen-bond acceptors (Lipinski definition) is 5. The number of carbonyl (C=O) groups is 1. The molecule has 0 unspecified atom stereocenters. The molecule has 0 spiro atoms. The van der Waals surface area contributed by atoms with E-state index < -0.39 is 0 Å². The standard InChI is InChI=1S/C19H18N4O2S/c1-2-16(24)20-15-11-7-6-10-14(15)17-18(25)21-19(23-22-17)26-12-13-8-4-3-5-9-13/h3-11H,2,12H2,1H3,(H,20,24)(H,21,23,25). The maximum Gasteiger partial charge on any atom is 0.278 e. The summed E-state index contributed by atoms with van der Waals surface area (Å²) in [4.78, 5) is 26.9. The van der Waals surface area contributed by atoms with Crippen molar-refractivity contribution in [2.75, 3.05) is 5.32 Å². The van der Waals surface area contributed by atoms with Gasteiger partial charge in [-0.25, -0.2) is 0 Å². The average molecular weight is 366 g/mol. The molecule has 2 aromatic carbocycles. The minimum absolute atomic E-state index is 0.128. The molecule has 2 N–H and O–H groups in total. The fourth-order valence-corrected chi connectivity index (χ4v) is 3.09. The number of nitrogens with zero attached hydrogens (tertiary/aromatic N) is 2. The Kier molecular flexibility index (Phi) is 5.80. The van der Waals surface area contributed by atoms with Crippen LogP contribution in [0.15, 0.2) is 64.5 Å². The lowest BCUT2D eigenvalue weighted by Crippen LogP contribution is -2.16. The second-order valence-corrected chi connectivity index (χ2v) is 6.49. The molecule has 6 nitrogen and oxygen atoms in total. The maximum atomic E-state index is 12.5. The summed E-state index contributed by atoms with van der Waals surface area (Å²) in [6, 6.07) is 17.0. The van der Waals surface area contributed by atoms with Crippen LogP contribution in [0.1, 0.15) is 18.9 Å². The molecule has 0 aliphatic carbocycles. The van der Waals surface area contributed by atoms with E-state index in [4.69, 9.17) is 0 Å². The average Bonchev–Trinajstić information content (AvgIpc) is 2.68. The van der Waals surface area contributed by atoms with E-state index in [-0.39, 0.29) is 17.2 Å². The van der Waals surface area contributed by atoms with Crippen molar-refractivity contribution >= 4 is 23.4 Å². The van der Waals surface area contributed by atoms with Gasteiger partial charge in [-0.2, -0.15) is 0 Å². The number of amides is 1. The number of anilines is 1. The van der Waals surface area contributed by atoms with Gasteiger partial charge in [0.25, 0.3) is 5.56 Å². The molecule has 1 aromatic heterocycles. The zero-order valence-corrected chi connectivity index (χ0v) is 15.0. The Labute approximate surface area is 155 Å². The van der Waals surface area contributed by atoms with Crippen LogP contribution in [-0.4, -0.2) is 21.1 Å². The summed E-state index contributed by atoms with van der Waals surface area (Å²) in [7, 11) is 0. The zero-order valence-electron chi connectivity index (χ0n) is 14.2. The smallest absolute Gasteiger partial charge is 0.278 e. The van der Waals surface area contributed by atoms with Gasteiger partial charge in [-0.3, -0.25) is 14.6 Å². The Bertz CT molecular complexity index is 957. The maximum absolute atomic E-state index is 12.5. The molecule has 132 valence electrons. The first-order chi connectivity index (χ1) is 12.7. The Morgan fingerprint density at radius 1 is 1.08 bits per heavy atom. The van der Waals surface area contributed by atoms with Gasteiger partial charge >= 0.3 is 0 Å². The fourth-order valence-electron chi connectivity index (χ4n) is 2.33. The molecule has 0 aliphatic rings. The molecule has 0 saturated carbocycles. The first-order valence-corrected chi connectivity index (χ1v) is 9.19. The fraction of sp³-hybridized carbons (Fsp3) is 0.158. The van der Waals surface area contributed by atoms with Crippen LogP contribution in [0.5, 0.6) is 0 Å². The number of para-hydroxylation sites is 1. The van der Waals surface area contributed by atoms with Crippen molar-refractivity contribution in [3.8, 4) is 11.3 Å². The van der Waals surface area contributed by atoms with E-state index >= 15 is 0 Å². The predicted molar refractivity (Wildman–Crippen MR) is 103 cm³/mol. The molecule has 0 bridgehead atoms. The number of aromatic nitrogens is 3. The first-order valence-electron chi connectivity index (χ1n) is 8.20. The lowest BCUT2D eigenvalue weighted by atomic mass is 10.1. The lowest BCUT2D eigenvalue weighted by molar-refractivity contribution is -0.115. The molecule has 0 saturated heterocycles. The number of hydrogen-bond donors (Lipinski definition) is 2. The molecule has 1 heterocycles. The van der Waals surface area contributed by atoms with Crippen LogP contribution in [0.2, 0.25) is 0 Å². The third kappa shape index (κ3) is 4.37. The van der Waals surface area contributed by atoms with Gasteiger partial charge in [0.2, 0.25) is 5.91 Å². The van der Waals surface area contributed by atoms with Crippen molar-refractivity contribution in [3.63, 3.8) is 0 Å². The van der Waals surface area contributed by atoms with E-state index in [9.17, 15) is 9.59 Å². The third-order valence-corrected chi connectivity index (χ3v) is 4.61. The Morgan fingerprint density at radius 2 is 1.81 bits per heavy atom. The summed E-state index contributed by atoms with van der Waals surface area (Å²) in [6.45, 7) is 1.77. The molecule has 1 amide bonds. The van der Waals surface area contributed by atoms with Crippen LogP contribution in [0.3, 0.4) is 0 Å². The number of benzene rings is 2. The molecule has 3 rings (SSSR count). The number of carbonyl (C=O) groups excluding carboxylic acids is 1. The summed E-state index contributed by atoms with van der Waals surface area (Å²) < 4.78 is 0. The molecule has 3 aromatic rings. The van der Waals surface area contributed by atoms with Crippen LogP contribution >= 0.6 is 11.8 Å². The third-order valence-electron chi connectivity index (χ3n) is 3.67. The van der Waals surface area contributed by atoms with Gasteiger partial charge < -0.3 is 5.32 Å². The monoisotopic (exact) mass is 366 g/mol. The van der Waals surface area contributed by atoms with Crippen molar-refractivity contribution < 1.29 is 4.79 Å². The quantitative estimate of drug-likeness (QED) is 0.652. The summed E-state index contributed by atoms with van der Waals surface area (Å²) >= 11 is 1.41. The highest BCUT2D eigenvalue weighted by Gasteiger charge is 2.13. The Hall–Kier alpha value is -2.93. The summed E-state index contributed by atoms with van der Waals surface area (Å²) in [5.74, 6) is 0.561. The van der Waals surface area contributed by atoms with Crippen molar-refractivity contribution in [1.82, 2.24) is 15.2 Å². The van der Waals surface area contributed by atoms with Crippen molar-refractivity contribution in [3.05, 3.63) is 70.5 Å². The van der Waals surface area contributed by atoms with Gasteiger partial charge in [0.15, 0.2) is 10.9 Å². The van der Waals surface area contributed by atoms with Crippen molar-refractivity contribution in [1.29, 1.82) is 0 Å². The molecule has 0 radical (unpaired) electrons. The van der Waals surface area contributed by atoms with Gasteiger partial charge in [0.05, 0.1) is 5.69 Å². The number of thioether (sulfide) groups is 1. The lowest BCUT2D eigenvalue weighted by Gasteiger charge is -2.09. The minimum atomic E-state index is -0.339. The van der Waals surface area contributed by atoms with E-state index in [1.807, 2.05) is 30.3 Å². The Morgan fingerprint density at radius 3 is 2.54 bits per heavy atom. The van der Waals surface area contributed by atoms with Crippen molar-refractivity contribution in [2.45, 2.75) is 24.3 Å². The normalized spacial score (nSPS) is 10.5. The van der Waals surface area contributed by atoms with Gasteiger partial charge in [-0.05, 0) is 11.6 Å². The summed E-state index contributed by atoms with van der Waals surface area (Å²) in [6.07, 6.45) is 0.353. The SMILES string of the molecule is CCC(=O)Nc1ccccc1-c1nnc(SCc2ccccc2)[nH]c1=O. The van der Waals surface area contributed by atoms with Crippen LogP contribution in [-0.2, 0) is 10.5 Å². The second kappa shape index (κ2) is 8.44. The van der Waals surface area contributed by atoms with Crippen LogP contribution in [0.4, 0.5) is 5.69 Å². The molecule has 7 heteroatoms. The van der Waals surface area contributed by atoms with Crippen LogP contribution < -0.4 is 10.9 Å². The predicted octanol–water partition coefficient (Wildman–Crippen LogP) is 3.47. The largest absolute Gasteiger partial charge is 0.325 e. The van der Waals surface area contributed by atoms with Gasteiger partial charge in [0, 0.05) is 17.7 Å². The number of aromatic amines is 1. The molecule has 0 fully saturated rings. The number of nitrogens with one attached hydrogen (secondary N) is 2. The van der Waals surface area contributed by atoms with E-state index in [1.165, 1.54) is 11.8 Å². The van der Waals surface area contributed by atoms with E-state index in [2.05, 4.69) is 20.5 Å². The van der Waals surface area contributed by atoms with E-state index in [0.717, 1.165) is 5.56 Å². The highest BCUT2D eigenvalue weighted by Crippen LogP contribution is 2.24. The van der Waals surface area contributed by atoms with E-state index in [1.54, 1.807) is 31.2 Å². The van der Waals surface area contributed by atoms with Crippen molar-refractivity contribution in [2.24, 2.45) is 0 Å². The highest BCUT2D eigenvalue weighted by molar-refractivity contribution is 7.98. The number of rotatable bonds is 6. The van der Waals surface area contributed by atoms with Gasteiger partial charge in [-0.1, -0.05) is 67.2 Å². The van der Waals surface area contributed by atoms with Gasteiger partial charge in [-0.15, -0.1) is 10.2 Å². The summed E-state index contributed by atoms with van der Waals surface area (Å²) in [5.41, 5.74) is 2.07.